The molecule has 76 valence electrons. The molecule has 1 atom stereocenters. The molecule has 0 fully saturated rings. The predicted molar refractivity (Wildman–Crippen MR) is 58.5 cm³/mol. The Kier molecular flexibility index (Phi) is 3.78. The number of rotatable bonds is 3. The van der Waals surface area contributed by atoms with Crippen molar-refractivity contribution in [2.45, 2.75) is 13.3 Å². The number of carbonyl (C=O) groups excluding carboxylic acids is 1. The molecule has 0 radical (unpaired) electrons. The zero-order valence-electron chi connectivity index (χ0n) is 7.76. The minimum Gasteiger partial charge on any atom is -0.369 e. The van der Waals surface area contributed by atoms with Crippen molar-refractivity contribution in [1.82, 2.24) is 0 Å². The molecule has 1 aromatic carbocycles. The zero-order valence-corrected chi connectivity index (χ0v) is 9.27. The van der Waals surface area contributed by atoms with E-state index in [1.54, 1.807) is 19.1 Å². The maximum absolute atomic E-state index is 10.8. The van der Waals surface area contributed by atoms with Crippen molar-refractivity contribution in [3.8, 4) is 0 Å². The Morgan fingerprint density at radius 3 is 2.64 bits per heavy atom. The number of carbonyl (C=O) groups is 1. The Morgan fingerprint density at radius 2 is 2.14 bits per heavy atom. The highest BCUT2D eigenvalue weighted by atomic mass is 35.5. The Hall–Kier alpha value is -0.730. The maximum Gasteiger partial charge on any atom is 0.220 e. The van der Waals surface area contributed by atoms with Crippen molar-refractivity contribution in [1.29, 1.82) is 0 Å². The fourth-order valence-corrected chi connectivity index (χ4v) is 1.60. The monoisotopic (exact) mass is 231 g/mol. The highest BCUT2D eigenvalue weighted by Crippen LogP contribution is 2.23. The molecule has 0 aliphatic carbocycles. The first kappa shape index (κ1) is 11.3. The smallest absolute Gasteiger partial charge is 0.220 e. The number of hydrogen-bond donors (Lipinski definition) is 1. The standard InChI is InChI=1S/C10H11Cl2NO/c1-6(10(13)14)4-7-2-3-8(11)5-9(7)12/h2-3,5-6H,4H2,1H3,(H2,13,14)/t6-/m1/s1. The fraction of sp³-hybridized carbons (Fsp3) is 0.300. The van der Waals surface area contributed by atoms with Gasteiger partial charge >= 0.3 is 0 Å². The quantitative estimate of drug-likeness (QED) is 0.855. The summed E-state index contributed by atoms with van der Waals surface area (Å²) in [5.41, 5.74) is 6.05. The lowest BCUT2D eigenvalue weighted by Gasteiger charge is -2.08. The molecule has 2 nitrogen and oxygen atoms in total. The van der Waals surface area contributed by atoms with E-state index < -0.39 is 0 Å². The molecule has 0 bridgehead atoms. The van der Waals surface area contributed by atoms with Crippen LogP contribution >= 0.6 is 23.2 Å². The number of amides is 1. The van der Waals surface area contributed by atoms with E-state index in [1.165, 1.54) is 0 Å². The van der Waals surface area contributed by atoms with Crippen LogP contribution in [0.4, 0.5) is 0 Å². The second kappa shape index (κ2) is 4.67. The Balaban J connectivity index is 2.82. The van der Waals surface area contributed by atoms with E-state index in [0.717, 1.165) is 5.56 Å². The van der Waals surface area contributed by atoms with Crippen LogP contribution < -0.4 is 5.73 Å². The van der Waals surface area contributed by atoms with Gasteiger partial charge in [0.05, 0.1) is 0 Å². The lowest BCUT2D eigenvalue weighted by Crippen LogP contribution is -2.22. The topological polar surface area (TPSA) is 43.1 Å². The van der Waals surface area contributed by atoms with E-state index in [9.17, 15) is 4.79 Å². The van der Waals surface area contributed by atoms with Crippen molar-refractivity contribution in [2.75, 3.05) is 0 Å². The van der Waals surface area contributed by atoms with E-state index >= 15 is 0 Å². The molecule has 0 aliphatic heterocycles. The summed E-state index contributed by atoms with van der Waals surface area (Å²) >= 11 is 11.7. The van der Waals surface area contributed by atoms with Crippen molar-refractivity contribution in [2.24, 2.45) is 11.7 Å². The molecule has 4 heteroatoms. The van der Waals surface area contributed by atoms with Gasteiger partial charge in [0.15, 0.2) is 0 Å². The summed E-state index contributed by atoms with van der Waals surface area (Å²) in [5.74, 6) is -0.537. The van der Waals surface area contributed by atoms with Crippen LogP contribution in [-0.2, 0) is 11.2 Å². The SMILES string of the molecule is C[C@H](Cc1ccc(Cl)cc1Cl)C(N)=O. The Morgan fingerprint density at radius 1 is 1.50 bits per heavy atom. The normalized spacial score (nSPS) is 12.5. The minimum absolute atomic E-state index is 0.214. The molecule has 1 aromatic rings. The molecule has 0 saturated carbocycles. The average Bonchev–Trinajstić information content (AvgIpc) is 2.09. The van der Waals surface area contributed by atoms with Crippen LogP contribution in [0.25, 0.3) is 0 Å². The highest BCUT2D eigenvalue weighted by Gasteiger charge is 2.11. The average molecular weight is 232 g/mol. The molecule has 0 heterocycles. The molecular weight excluding hydrogens is 221 g/mol. The summed E-state index contributed by atoms with van der Waals surface area (Å²) in [7, 11) is 0. The molecule has 1 amide bonds. The number of hydrogen-bond acceptors (Lipinski definition) is 1. The van der Waals surface area contributed by atoms with Gasteiger partial charge < -0.3 is 5.73 Å². The second-order valence-electron chi connectivity index (χ2n) is 3.24. The maximum atomic E-state index is 10.8. The van der Waals surface area contributed by atoms with Gasteiger partial charge in [0.25, 0.3) is 0 Å². The number of nitrogens with two attached hydrogens (primary N) is 1. The van der Waals surface area contributed by atoms with E-state index in [4.69, 9.17) is 28.9 Å². The van der Waals surface area contributed by atoms with E-state index in [0.29, 0.717) is 16.5 Å². The van der Waals surface area contributed by atoms with Gasteiger partial charge in [-0.15, -0.1) is 0 Å². The van der Waals surface area contributed by atoms with Crippen molar-refractivity contribution >= 4 is 29.1 Å². The first-order valence-electron chi connectivity index (χ1n) is 4.24. The molecular formula is C10H11Cl2NO. The molecule has 0 saturated heterocycles. The van der Waals surface area contributed by atoms with Gasteiger partial charge in [0.2, 0.25) is 5.91 Å². The third kappa shape index (κ3) is 2.89. The summed E-state index contributed by atoms with van der Waals surface area (Å²) in [4.78, 5) is 10.8. The lowest BCUT2D eigenvalue weighted by molar-refractivity contribution is -0.121. The van der Waals surface area contributed by atoms with E-state index in [2.05, 4.69) is 0 Å². The van der Waals surface area contributed by atoms with Gasteiger partial charge in [-0.05, 0) is 24.1 Å². The number of primary amides is 1. The van der Waals surface area contributed by atoms with Crippen LogP contribution in [0.1, 0.15) is 12.5 Å². The molecule has 14 heavy (non-hydrogen) atoms. The van der Waals surface area contributed by atoms with Gasteiger partial charge in [-0.25, -0.2) is 0 Å². The van der Waals surface area contributed by atoms with Crippen molar-refractivity contribution in [3.05, 3.63) is 33.8 Å². The summed E-state index contributed by atoms with van der Waals surface area (Å²) in [6.45, 7) is 1.77. The van der Waals surface area contributed by atoms with Crippen LogP contribution in [-0.4, -0.2) is 5.91 Å². The Labute approximate surface area is 93.0 Å². The summed E-state index contributed by atoms with van der Waals surface area (Å²) in [6, 6.07) is 5.22. The summed E-state index contributed by atoms with van der Waals surface area (Å²) in [6.07, 6.45) is 0.547. The Bertz CT molecular complexity index is 352. The molecule has 2 N–H and O–H groups in total. The van der Waals surface area contributed by atoms with E-state index in [-0.39, 0.29) is 11.8 Å². The largest absolute Gasteiger partial charge is 0.369 e. The second-order valence-corrected chi connectivity index (χ2v) is 4.09. The van der Waals surface area contributed by atoms with Crippen LogP contribution in [0, 0.1) is 5.92 Å². The van der Waals surface area contributed by atoms with Crippen LogP contribution in [0.15, 0.2) is 18.2 Å². The van der Waals surface area contributed by atoms with Gasteiger partial charge in [-0.1, -0.05) is 36.2 Å². The molecule has 0 unspecified atom stereocenters. The zero-order chi connectivity index (χ0) is 10.7. The molecule has 0 spiro atoms. The van der Waals surface area contributed by atoms with Crippen LogP contribution in [0.3, 0.4) is 0 Å². The van der Waals surface area contributed by atoms with Gasteiger partial charge in [0, 0.05) is 16.0 Å². The number of benzene rings is 1. The lowest BCUT2D eigenvalue weighted by atomic mass is 10.0. The van der Waals surface area contributed by atoms with Gasteiger partial charge in [-0.3, -0.25) is 4.79 Å². The van der Waals surface area contributed by atoms with Crippen LogP contribution in [0.2, 0.25) is 10.0 Å². The minimum atomic E-state index is -0.323. The summed E-state index contributed by atoms with van der Waals surface area (Å²) in [5, 5.41) is 1.16. The van der Waals surface area contributed by atoms with Crippen molar-refractivity contribution < 1.29 is 4.79 Å². The summed E-state index contributed by atoms with van der Waals surface area (Å²) < 4.78 is 0. The van der Waals surface area contributed by atoms with Crippen LogP contribution in [0.5, 0.6) is 0 Å². The predicted octanol–water partition coefficient (Wildman–Crippen LogP) is 2.66. The molecule has 1 rings (SSSR count). The molecule has 0 aromatic heterocycles. The molecule has 0 aliphatic rings. The third-order valence-electron chi connectivity index (χ3n) is 2.03. The fourth-order valence-electron chi connectivity index (χ4n) is 1.12. The van der Waals surface area contributed by atoms with E-state index in [1.807, 2.05) is 6.07 Å². The van der Waals surface area contributed by atoms with Gasteiger partial charge in [0.1, 0.15) is 0 Å². The highest BCUT2D eigenvalue weighted by molar-refractivity contribution is 6.35. The van der Waals surface area contributed by atoms with Gasteiger partial charge in [-0.2, -0.15) is 0 Å². The van der Waals surface area contributed by atoms with Crippen molar-refractivity contribution in [3.63, 3.8) is 0 Å². The first-order chi connectivity index (χ1) is 6.50. The third-order valence-corrected chi connectivity index (χ3v) is 2.61. The first-order valence-corrected chi connectivity index (χ1v) is 4.99. The number of halogens is 2.